The summed E-state index contributed by atoms with van der Waals surface area (Å²) in [5, 5.41) is 6.68. The van der Waals surface area contributed by atoms with Crippen molar-refractivity contribution in [3.05, 3.63) is 52.6 Å². The Labute approximate surface area is 108 Å². The van der Waals surface area contributed by atoms with Crippen molar-refractivity contribution in [1.29, 1.82) is 0 Å². The van der Waals surface area contributed by atoms with Gasteiger partial charge in [-0.1, -0.05) is 17.7 Å². The van der Waals surface area contributed by atoms with Crippen LogP contribution in [0.2, 0.25) is 5.02 Å². The molecule has 0 aliphatic carbocycles. The molecule has 1 unspecified atom stereocenters. The van der Waals surface area contributed by atoms with Crippen molar-refractivity contribution in [3.8, 4) is 0 Å². The Kier molecular flexibility index (Phi) is 3.62. The molecule has 0 aliphatic rings. The number of aromatic nitrogens is 2. The second-order valence-electron chi connectivity index (χ2n) is 3.93. The monoisotopic (exact) mass is 267 g/mol. The largest absolute Gasteiger partial charge is 0.369 e. The molecule has 0 spiro atoms. The van der Waals surface area contributed by atoms with Gasteiger partial charge in [0, 0.05) is 16.8 Å². The maximum Gasteiger partial charge on any atom is 0.225 e. The molecule has 3 N–H and O–H groups in total. The van der Waals surface area contributed by atoms with Crippen LogP contribution in [-0.2, 0) is 11.2 Å². The first-order valence-corrected chi connectivity index (χ1v) is 5.67. The Hall–Kier alpha value is -1.88. The van der Waals surface area contributed by atoms with Gasteiger partial charge in [-0.05, 0) is 24.1 Å². The van der Waals surface area contributed by atoms with Gasteiger partial charge in [0.05, 0.1) is 12.1 Å². The van der Waals surface area contributed by atoms with E-state index in [0.717, 1.165) is 0 Å². The molecule has 0 saturated heterocycles. The summed E-state index contributed by atoms with van der Waals surface area (Å²) in [6.07, 6.45) is 3.45. The van der Waals surface area contributed by atoms with E-state index in [2.05, 4.69) is 10.2 Å². The summed E-state index contributed by atoms with van der Waals surface area (Å²) < 4.78 is 12.9. The van der Waals surface area contributed by atoms with E-state index in [1.165, 1.54) is 18.3 Å². The van der Waals surface area contributed by atoms with Crippen LogP contribution in [-0.4, -0.2) is 16.1 Å². The quantitative estimate of drug-likeness (QED) is 0.889. The van der Waals surface area contributed by atoms with Crippen LogP contribution >= 0.6 is 11.6 Å². The lowest BCUT2D eigenvalue weighted by molar-refractivity contribution is -0.119. The number of nitrogens with one attached hydrogen (secondary N) is 1. The molecule has 4 nitrogen and oxygen atoms in total. The summed E-state index contributed by atoms with van der Waals surface area (Å²) in [6.45, 7) is 0. The van der Waals surface area contributed by atoms with Crippen LogP contribution in [0.15, 0.2) is 30.6 Å². The molecule has 0 radical (unpaired) electrons. The SMILES string of the molecule is NC(=O)C(Cc1ccc(F)cc1Cl)c1cn[nH]c1. The van der Waals surface area contributed by atoms with E-state index < -0.39 is 17.6 Å². The number of hydrogen-bond donors (Lipinski definition) is 2. The number of nitrogens with zero attached hydrogens (tertiary/aromatic N) is 1. The minimum atomic E-state index is -0.535. The van der Waals surface area contributed by atoms with Gasteiger partial charge in [-0.3, -0.25) is 9.89 Å². The van der Waals surface area contributed by atoms with Gasteiger partial charge < -0.3 is 5.73 Å². The highest BCUT2D eigenvalue weighted by Crippen LogP contribution is 2.25. The highest BCUT2D eigenvalue weighted by molar-refractivity contribution is 6.31. The minimum Gasteiger partial charge on any atom is -0.369 e. The summed E-state index contributed by atoms with van der Waals surface area (Å²) in [7, 11) is 0. The van der Waals surface area contributed by atoms with Gasteiger partial charge in [0.1, 0.15) is 5.82 Å². The molecule has 6 heteroatoms. The summed E-state index contributed by atoms with van der Waals surface area (Å²) in [5.74, 6) is -1.42. The predicted octanol–water partition coefficient (Wildman–Crippen LogP) is 2.01. The van der Waals surface area contributed by atoms with Gasteiger partial charge in [0.25, 0.3) is 0 Å². The molecule has 0 bridgehead atoms. The molecule has 1 heterocycles. The Morgan fingerprint density at radius 2 is 2.33 bits per heavy atom. The Bertz CT molecular complexity index is 556. The molecule has 0 saturated carbocycles. The number of nitrogens with two attached hydrogens (primary N) is 1. The molecule has 1 amide bonds. The van der Waals surface area contributed by atoms with Crippen molar-refractivity contribution < 1.29 is 9.18 Å². The normalized spacial score (nSPS) is 12.3. The van der Waals surface area contributed by atoms with Crippen LogP contribution in [0.4, 0.5) is 4.39 Å². The number of hydrogen-bond acceptors (Lipinski definition) is 2. The van der Waals surface area contributed by atoms with Crippen LogP contribution < -0.4 is 5.73 Å². The third-order valence-corrected chi connectivity index (χ3v) is 3.06. The highest BCUT2D eigenvalue weighted by atomic mass is 35.5. The molecular weight excluding hydrogens is 257 g/mol. The molecule has 94 valence electrons. The number of aromatic amines is 1. The standard InChI is InChI=1S/C12H11ClFN3O/c13-11-4-9(14)2-1-7(11)3-10(12(15)18)8-5-16-17-6-8/h1-2,4-6,10H,3H2,(H2,15,18)(H,16,17). The van der Waals surface area contributed by atoms with Crippen LogP contribution in [0.1, 0.15) is 17.0 Å². The number of carbonyl (C=O) groups excluding carboxylic acids is 1. The predicted molar refractivity (Wildman–Crippen MR) is 65.6 cm³/mol. The van der Waals surface area contributed by atoms with E-state index in [0.29, 0.717) is 17.5 Å². The highest BCUT2D eigenvalue weighted by Gasteiger charge is 2.20. The van der Waals surface area contributed by atoms with Gasteiger partial charge in [-0.25, -0.2) is 4.39 Å². The fourth-order valence-electron chi connectivity index (χ4n) is 1.74. The lowest BCUT2D eigenvalue weighted by Crippen LogP contribution is -2.23. The van der Waals surface area contributed by atoms with Crippen LogP contribution in [0.25, 0.3) is 0 Å². The maximum absolute atomic E-state index is 12.9. The number of primary amides is 1. The van der Waals surface area contributed by atoms with E-state index >= 15 is 0 Å². The molecule has 2 rings (SSSR count). The van der Waals surface area contributed by atoms with Crippen molar-refractivity contribution in [2.45, 2.75) is 12.3 Å². The zero-order valence-corrected chi connectivity index (χ0v) is 10.1. The lowest BCUT2D eigenvalue weighted by Gasteiger charge is -2.12. The van der Waals surface area contributed by atoms with Crippen LogP contribution in [0.5, 0.6) is 0 Å². The molecule has 2 aromatic rings. The smallest absolute Gasteiger partial charge is 0.225 e. The van der Waals surface area contributed by atoms with Crippen molar-refractivity contribution in [1.82, 2.24) is 10.2 Å². The number of rotatable bonds is 4. The van der Waals surface area contributed by atoms with E-state index in [1.807, 2.05) is 0 Å². The van der Waals surface area contributed by atoms with Crippen molar-refractivity contribution in [3.63, 3.8) is 0 Å². The third-order valence-electron chi connectivity index (χ3n) is 2.70. The molecule has 1 aromatic carbocycles. The van der Waals surface area contributed by atoms with Gasteiger partial charge in [-0.2, -0.15) is 5.10 Å². The van der Waals surface area contributed by atoms with Gasteiger partial charge >= 0.3 is 0 Å². The summed E-state index contributed by atoms with van der Waals surface area (Å²) >= 11 is 5.92. The zero-order valence-electron chi connectivity index (χ0n) is 9.36. The lowest BCUT2D eigenvalue weighted by atomic mass is 9.93. The first-order valence-electron chi connectivity index (χ1n) is 5.30. The van der Waals surface area contributed by atoms with Crippen LogP contribution in [0.3, 0.4) is 0 Å². The maximum atomic E-state index is 12.9. The van der Waals surface area contributed by atoms with Gasteiger partial charge in [0.15, 0.2) is 0 Å². The van der Waals surface area contributed by atoms with Crippen LogP contribution in [0, 0.1) is 5.82 Å². The first kappa shape index (κ1) is 12.6. The average molecular weight is 268 g/mol. The summed E-state index contributed by atoms with van der Waals surface area (Å²) in [6, 6.07) is 4.06. The number of halogens is 2. The van der Waals surface area contributed by atoms with E-state index in [4.69, 9.17) is 17.3 Å². The molecule has 1 aromatic heterocycles. The molecule has 0 fully saturated rings. The summed E-state index contributed by atoms with van der Waals surface area (Å²) in [5.41, 5.74) is 6.71. The number of benzene rings is 1. The number of H-pyrrole nitrogens is 1. The third kappa shape index (κ3) is 2.68. The van der Waals surface area contributed by atoms with E-state index in [9.17, 15) is 9.18 Å². The van der Waals surface area contributed by atoms with Crippen molar-refractivity contribution in [2.24, 2.45) is 5.73 Å². The van der Waals surface area contributed by atoms with Crippen molar-refractivity contribution >= 4 is 17.5 Å². The molecular formula is C12H11ClFN3O. The fourth-order valence-corrected chi connectivity index (χ4v) is 1.99. The number of amides is 1. The Balaban J connectivity index is 2.27. The molecule has 0 aliphatic heterocycles. The Morgan fingerprint density at radius 1 is 1.56 bits per heavy atom. The van der Waals surface area contributed by atoms with Gasteiger partial charge in [0.2, 0.25) is 5.91 Å². The Morgan fingerprint density at radius 3 is 2.89 bits per heavy atom. The number of carbonyl (C=O) groups is 1. The zero-order chi connectivity index (χ0) is 13.1. The second kappa shape index (κ2) is 5.18. The first-order chi connectivity index (χ1) is 8.58. The van der Waals surface area contributed by atoms with Gasteiger partial charge in [-0.15, -0.1) is 0 Å². The fraction of sp³-hybridized carbons (Fsp3) is 0.167. The molecule has 18 heavy (non-hydrogen) atoms. The van der Waals surface area contributed by atoms with E-state index in [1.54, 1.807) is 12.3 Å². The second-order valence-corrected chi connectivity index (χ2v) is 4.33. The minimum absolute atomic E-state index is 0.282. The molecule has 1 atom stereocenters. The summed E-state index contributed by atoms with van der Waals surface area (Å²) in [4.78, 5) is 11.4. The topological polar surface area (TPSA) is 71.8 Å². The van der Waals surface area contributed by atoms with E-state index in [-0.39, 0.29) is 5.02 Å². The van der Waals surface area contributed by atoms with Crippen molar-refractivity contribution in [2.75, 3.05) is 0 Å². The average Bonchev–Trinajstić information content (AvgIpc) is 2.80.